The molecule has 28 heavy (non-hydrogen) atoms. The molecule has 1 aromatic carbocycles. The number of hydrogen-bond donors (Lipinski definition) is 1. The van der Waals surface area contributed by atoms with Gasteiger partial charge in [-0.15, -0.1) is 0 Å². The smallest absolute Gasteiger partial charge is 0.255 e. The molecule has 1 fully saturated rings. The van der Waals surface area contributed by atoms with Crippen LogP contribution < -0.4 is 10.1 Å². The third-order valence-corrected chi connectivity index (χ3v) is 4.70. The molecule has 150 valence electrons. The number of likely N-dealkylation sites (tertiary alicyclic amines) is 1. The molecule has 0 unspecified atom stereocenters. The molecular weight excluding hydrogens is 360 g/mol. The number of ether oxygens (including phenoxy) is 2. The number of nitrogens with zero attached hydrogens (tertiary/aromatic N) is 3. The molecule has 0 bridgehead atoms. The van der Waals surface area contributed by atoms with Crippen LogP contribution in [0, 0.1) is 0 Å². The highest BCUT2D eigenvalue weighted by Gasteiger charge is 2.25. The zero-order valence-electron chi connectivity index (χ0n) is 16.3. The van der Waals surface area contributed by atoms with Crippen LogP contribution in [-0.2, 0) is 23.1 Å². The lowest BCUT2D eigenvalue weighted by molar-refractivity contribution is -0.136. The zero-order chi connectivity index (χ0) is 19.9. The summed E-state index contributed by atoms with van der Waals surface area (Å²) in [6, 6.07) is 7.23. The van der Waals surface area contributed by atoms with Gasteiger partial charge < -0.3 is 19.7 Å². The lowest BCUT2D eigenvalue weighted by Crippen LogP contribution is -2.43. The van der Waals surface area contributed by atoms with E-state index in [1.165, 1.54) is 7.11 Å². The molecule has 0 aliphatic carbocycles. The van der Waals surface area contributed by atoms with Crippen molar-refractivity contribution in [2.24, 2.45) is 7.05 Å². The van der Waals surface area contributed by atoms with Crippen molar-refractivity contribution in [2.75, 3.05) is 26.8 Å². The topological polar surface area (TPSA) is 85.7 Å². The Kier molecular flexibility index (Phi) is 6.65. The number of nitrogens with one attached hydrogen (secondary N) is 1. The summed E-state index contributed by atoms with van der Waals surface area (Å²) in [6.45, 7) is 1.76. The average Bonchev–Trinajstić information content (AvgIpc) is 3.12. The monoisotopic (exact) mass is 386 g/mol. The lowest BCUT2D eigenvalue weighted by atomic mass is 10.1. The van der Waals surface area contributed by atoms with Gasteiger partial charge in [-0.2, -0.15) is 5.10 Å². The summed E-state index contributed by atoms with van der Waals surface area (Å²) >= 11 is 0. The van der Waals surface area contributed by atoms with E-state index in [0.717, 1.165) is 18.4 Å². The fraction of sp³-hybridized carbons (Fsp3) is 0.450. The van der Waals surface area contributed by atoms with Gasteiger partial charge in [-0.3, -0.25) is 14.3 Å². The number of aromatic nitrogens is 2. The molecule has 0 saturated carbocycles. The predicted octanol–water partition coefficient (Wildman–Crippen LogP) is 1.37. The fourth-order valence-corrected chi connectivity index (χ4v) is 3.22. The van der Waals surface area contributed by atoms with Gasteiger partial charge in [0.05, 0.1) is 11.8 Å². The van der Waals surface area contributed by atoms with Gasteiger partial charge in [0.25, 0.3) is 5.91 Å². The minimum atomic E-state index is -0.188. The summed E-state index contributed by atoms with van der Waals surface area (Å²) < 4.78 is 12.7. The quantitative estimate of drug-likeness (QED) is 0.777. The van der Waals surface area contributed by atoms with Crippen LogP contribution in [0.15, 0.2) is 36.7 Å². The first-order valence-corrected chi connectivity index (χ1v) is 9.35. The number of carbonyl (C=O) groups excluding carboxylic acids is 2. The summed E-state index contributed by atoms with van der Waals surface area (Å²) in [5.74, 6) is 0.371. The molecule has 8 nitrogen and oxygen atoms in total. The second-order valence-corrected chi connectivity index (χ2v) is 6.83. The molecule has 0 atom stereocenters. The Labute approximate surface area is 164 Å². The van der Waals surface area contributed by atoms with E-state index < -0.39 is 0 Å². The van der Waals surface area contributed by atoms with Crippen LogP contribution in [0.1, 0.15) is 28.8 Å². The summed E-state index contributed by atoms with van der Waals surface area (Å²) in [5.41, 5.74) is 1.44. The number of para-hydroxylation sites is 1. The van der Waals surface area contributed by atoms with Crippen molar-refractivity contribution in [1.82, 2.24) is 20.0 Å². The Morgan fingerprint density at radius 2 is 2.00 bits per heavy atom. The van der Waals surface area contributed by atoms with Crippen molar-refractivity contribution < 1.29 is 19.1 Å². The maximum Gasteiger partial charge on any atom is 0.255 e. The van der Waals surface area contributed by atoms with Crippen LogP contribution in [0.25, 0.3) is 0 Å². The third kappa shape index (κ3) is 5.10. The van der Waals surface area contributed by atoms with Gasteiger partial charge >= 0.3 is 0 Å². The van der Waals surface area contributed by atoms with E-state index in [4.69, 9.17) is 9.47 Å². The Hall–Kier alpha value is -2.87. The Balaban J connectivity index is 1.56. The van der Waals surface area contributed by atoms with E-state index in [0.29, 0.717) is 30.9 Å². The normalized spacial score (nSPS) is 14.7. The number of piperidine rings is 1. The van der Waals surface area contributed by atoms with Crippen LogP contribution in [0.2, 0.25) is 0 Å². The Morgan fingerprint density at radius 1 is 1.25 bits per heavy atom. The zero-order valence-corrected chi connectivity index (χ0v) is 16.3. The largest absolute Gasteiger partial charge is 0.489 e. The molecule has 1 aliphatic rings. The van der Waals surface area contributed by atoms with Gasteiger partial charge in [0.2, 0.25) is 5.91 Å². The summed E-state index contributed by atoms with van der Waals surface area (Å²) in [5, 5.41) is 7.00. The lowest BCUT2D eigenvalue weighted by Gasteiger charge is -2.32. The minimum absolute atomic E-state index is 0.00358. The van der Waals surface area contributed by atoms with Crippen molar-refractivity contribution in [3.63, 3.8) is 0 Å². The molecule has 8 heteroatoms. The highest BCUT2D eigenvalue weighted by molar-refractivity contribution is 5.96. The second kappa shape index (κ2) is 9.36. The van der Waals surface area contributed by atoms with Crippen LogP contribution in [0.5, 0.6) is 5.75 Å². The highest BCUT2D eigenvalue weighted by Crippen LogP contribution is 2.23. The van der Waals surface area contributed by atoms with Crippen molar-refractivity contribution >= 4 is 11.8 Å². The van der Waals surface area contributed by atoms with Gasteiger partial charge in [-0.05, 0) is 12.1 Å². The number of methoxy groups -OCH3 is 1. The molecule has 2 heterocycles. The SMILES string of the molecule is COCC(=O)N1CCC(Oc2ccccc2C(=O)NCc2cnn(C)c2)CC1. The maximum absolute atomic E-state index is 12.6. The molecular formula is C20H26N4O4. The van der Waals surface area contributed by atoms with E-state index in [-0.39, 0.29) is 24.5 Å². The van der Waals surface area contributed by atoms with E-state index in [1.807, 2.05) is 25.4 Å². The van der Waals surface area contributed by atoms with Gasteiger partial charge in [-0.25, -0.2) is 0 Å². The first-order valence-electron chi connectivity index (χ1n) is 9.35. The number of hydrogen-bond acceptors (Lipinski definition) is 5. The molecule has 0 spiro atoms. The number of aryl methyl sites for hydroxylation is 1. The van der Waals surface area contributed by atoms with Crippen LogP contribution in [-0.4, -0.2) is 59.4 Å². The van der Waals surface area contributed by atoms with Crippen molar-refractivity contribution in [3.8, 4) is 5.75 Å². The Bertz CT molecular complexity index is 812. The van der Waals surface area contributed by atoms with Crippen molar-refractivity contribution in [3.05, 3.63) is 47.8 Å². The first kappa shape index (κ1) is 19.9. The van der Waals surface area contributed by atoms with Crippen molar-refractivity contribution in [2.45, 2.75) is 25.5 Å². The minimum Gasteiger partial charge on any atom is -0.489 e. The van der Waals surface area contributed by atoms with Gasteiger partial charge in [0.1, 0.15) is 18.5 Å². The van der Waals surface area contributed by atoms with Crippen LogP contribution in [0.4, 0.5) is 0 Å². The third-order valence-electron chi connectivity index (χ3n) is 4.70. The van der Waals surface area contributed by atoms with Crippen molar-refractivity contribution in [1.29, 1.82) is 0 Å². The van der Waals surface area contributed by atoms with Gasteiger partial charge in [0.15, 0.2) is 0 Å². The maximum atomic E-state index is 12.6. The predicted molar refractivity (Wildman–Crippen MR) is 103 cm³/mol. The van der Waals surface area contributed by atoms with Crippen LogP contribution in [0.3, 0.4) is 0 Å². The standard InChI is InChI=1S/C20H26N4O4/c1-23-13-15(12-22-23)11-21-20(26)17-5-3-4-6-18(17)28-16-7-9-24(10-8-16)19(25)14-27-2/h3-6,12-13,16H,7-11,14H2,1-2H3,(H,21,26). The molecule has 1 aromatic heterocycles. The average molecular weight is 386 g/mol. The molecule has 1 saturated heterocycles. The van der Waals surface area contributed by atoms with E-state index in [2.05, 4.69) is 10.4 Å². The molecule has 3 rings (SSSR count). The molecule has 1 N–H and O–H groups in total. The van der Waals surface area contributed by atoms with Gasteiger partial charge in [-0.1, -0.05) is 12.1 Å². The molecule has 1 aliphatic heterocycles. The summed E-state index contributed by atoms with van der Waals surface area (Å²) in [4.78, 5) is 26.3. The molecule has 2 amide bonds. The first-order chi connectivity index (χ1) is 13.6. The van der Waals surface area contributed by atoms with E-state index >= 15 is 0 Å². The molecule has 2 aromatic rings. The van der Waals surface area contributed by atoms with Gasteiger partial charge in [0, 0.05) is 58.4 Å². The second-order valence-electron chi connectivity index (χ2n) is 6.83. The molecule has 0 radical (unpaired) electrons. The number of amides is 2. The number of rotatable bonds is 7. The summed E-state index contributed by atoms with van der Waals surface area (Å²) in [6.07, 6.45) is 5.00. The van der Waals surface area contributed by atoms with E-state index in [9.17, 15) is 9.59 Å². The number of benzene rings is 1. The summed E-state index contributed by atoms with van der Waals surface area (Å²) in [7, 11) is 3.35. The van der Waals surface area contributed by atoms with Crippen LogP contribution >= 0.6 is 0 Å². The van der Waals surface area contributed by atoms with E-state index in [1.54, 1.807) is 27.9 Å². The fourth-order valence-electron chi connectivity index (χ4n) is 3.22. The number of carbonyl (C=O) groups is 2. The Morgan fingerprint density at radius 3 is 2.68 bits per heavy atom. The highest BCUT2D eigenvalue weighted by atomic mass is 16.5.